The van der Waals surface area contributed by atoms with Crippen molar-refractivity contribution in [1.29, 1.82) is 0 Å². The third-order valence-electron chi connectivity index (χ3n) is 8.47. The second kappa shape index (κ2) is 12.6. The zero-order chi connectivity index (χ0) is 31.6. The van der Waals surface area contributed by atoms with Gasteiger partial charge in [-0.3, -0.25) is 19.2 Å². The van der Waals surface area contributed by atoms with Crippen molar-refractivity contribution in [3.63, 3.8) is 0 Å². The number of carboxylic acid groups (broad SMARTS) is 2. The van der Waals surface area contributed by atoms with Crippen LogP contribution in [0.2, 0.25) is 0 Å². The van der Waals surface area contributed by atoms with E-state index in [0.717, 1.165) is 44.4 Å². The van der Waals surface area contributed by atoms with E-state index in [9.17, 15) is 29.4 Å². The summed E-state index contributed by atoms with van der Waals surface area (Å²) in [5.41, 5.74) is 8.49. The van der Waals surface area contributed by atoms with Gasteiger partial charge in [0, 0.05) is 52.5 Å². The van der Waals surface area contributed by atoms with Gasteiger partial charge >= 0.3 is 11.9 Å². The lowest BCUT2D eigenvalue weighted by atomic mass is 9.98. The van der Waals surface area contributed by atoms with Crippen LogP contribution in [0.4, 0.5) is 0 Å². The van der Waals surface area contributed by atoms with Gasteiger partial charge in [-0.1, -0.05) is 19.6 Å². The van der Waals surface area contributed by atoms with Crippen molar-refractivity contribution in [3.05, 3.63) is 79.3 Å². The SMILES string of the molecule is C=CC1=C(C)C(=O)N[C@@H]1Cc1[nH]c(C=c2[nH]c(=CC3=NC(=O)C(CC)=C3C)c(C)c2CCC(=O)O)c(CCC(=O)O)c1C. The van der Waals surface area contributed by atoms with Crippen molar-refractivity contribution >= 4 is 41.6 Å². The molecule has 10 nitrogen and oxygen atoms in total. The second-order valence-corrected chi connectivity index (χ2v) is 11.0. The Labute approximate surface area is 249 Å². The highest BCUT2D eigenvalue weighted by Crippen LogP contribution is 2.27. The molecular weight excluding hydrogens is 548 g/mol. The van der Waals surface area contributed by atoms with Gasteiger partial charge in [0.05, 0.1) is 11.8 Å². The first kappa shape index (κ1) is 31.2. The average Bonchev–Trinajstić information content (AvgIpc) is 3.59. The number of rotatable bonds is 12. The number of carbonyl (C=O) groups is 4. The number of nitrogens with zero attached hydrogens (tertiary/aromatic N) is 1. The largest absolute Gasteiger partial charge is 0.481 e. The summed E-state index contributed by atoms with van der Waals surface area (Å²) in [4.78, 5) is 58.8. The fourth-order valence-electron chi connectivity index (χ4n) is 5.91. The molecule has 0 unspecified atom stereocenters. The third kappa shape index (κ3) is 6.38. The van der Waals surface area contributed by atoms with E-state index in [4.69, 9.17) is 0 Å². The van der Waals surface area contributed by atoms with E-state index >= 15 is 0 Å². The number of hydrogen-bond donors (Lipinski definition) is 5. The molecule has 0 spiro atoms. The van der Waals surface area contributed by atoms with Crippen LogP contribution in [0.15, 0.2) is 39.9 Å². The molecule has 2 aromatic rings. The highest BCUT2D eigenvalue weighted by atomic mass is 16.4. The number of carbonyl (C=O) groups excluding carboxylic acids is 2. The number of carboxylic acids is 2. The van der Waals surface area contributed by atoms with Crippen LogP contribution in [0, 0.1) is 13.8 Å². The Balaban J connectivity index is 1.86. The van der Waals surface area contributed by atoms with Gasteiger partial charge < -0.3 is 25.5 Å². The van der Waals surface area contributed by atoms with E-state index in [1.54, 1.807) is 13.0 Å². The van der Waals surface area contributed by atoms with Crippen LogP contribution in [0.3, 0.4) is 0 Å². The molecule has 0 aromatic carbocycles. The molecule has 4 rings (SSSR count). The van der Waals surface area contributed by atoms with Gasteiger partial charge in [0.2, 0.25) is 5.91 Å². The number of aliphatic carboxylic acids is 2. The molecule has 43 heavy (non-hydrogen) atoms. The Kier molecular flexibility index (Phi) is 9.18. The van der Waals surface area contributed by atoms with Crippen molar-refractivity contribution in [2.45, 2.75) is 79.2 Å². The summed E-state index contributed by atoms with van der Waals surface area (Å²) in [6, 6.07) is -0.262. The van der Waals surface area contributed by atoms with Crippen LogP contribution in [-0.4, -0.2) is 55.7 Å². The number of nitrogens with one attached hydrogen (secondary N) is 3. The topological polar surface area (TPSA) is 165 Å². The maximum atomic E-state index is 12.3. The van der Waals surface area contributed by atoms with Gasteiger partial charge in [0.25, 0.3) is 5.91 Å². The second-order valence-electron chi connectivity index (χ2n) is 11.0. The summed E-state index contributed by atoms with van der Waals surface area (Å²) >= 11 is 0. The van der Waals surface area contributed by atoms with Crippen LogP contribution in [0.25, 0.3) is 12.2 Å². The molecule has 1 atom stereocenters. The van der Waals surface area contributed by atoms with Crippen molar-refractivity contribution in [3.8, 4) is 0 Å². The lowest BCUT2D eigenvalue weighted by molar-refractivity contribution is -0.138. The smallest absolute Gasteiger partial charge is 0.303 e. The lowest BCUT2D eigenvalue weighted by Gasteiger charge is -2.13. The monoisotopic (exact) mass is 586 g/mol. The first-order valence-electron chi connectivity index (χ1n) is 14.4. The standard InChI is InChI=1S/C33H38N4O6/c1-7-20-19(6)32(42)37-27(20)14-25-18(5)23(10-12-31(40)41)29(35-25)15-28-22(9-11-30(38)39)17(4)24(34-28)13-26-16(3)21(8-2)33(43)36-26/h7,13,15,27,34-35H,1,8-12,14H2,2-6H3,(H,37,42)(H,38,39)(H,40,41)/t27-/m1/s1. The predicted molar refractivity (Wildman–Crippen MR) is 164 cm³/mol. The highest BCUT2D eigenvalue weighted by Gasteiger charge is 2.29. The molecule has 0 saturated carbocycles. The van der Waals surface area contributed by atoms with Crippen LogP contribution >= 0.6 is 0 Å². The highest BCUT2D eigenvalue weighted by molar-refractivity contribution is 6.30. The van der Waals surface area contributed by atoms with E-state index < -0.39 is 11.9 Å². The van der Waals surface area contributed by atoms with E-state index in [-0.39, 0.29) is 43.5 Å². The summed E-state index contributed by atoms with van der Waals surface area (Å²) in [7, 11) is 0. The quantitative estimate of drug-likeness (QED) is 0.257. The Morgan fingerprint density at radius 1 is 0.907 bits per heavy atom. The normalized spacial score (nSPS) is 17.8. The number of allylic oxidation sites excluding steroid dienone is 1. The number of hydrogen-bond acceptors (Lipinski definition) is 4. The molecule has 4 heterocycles. The molecule has 2 aromatic heterocycles. The minimum absolute atomic E-state index is 0.0655. The molecular formula is C33H38N4O6. The molecule has 0 aliphatic carbocycles. The van der Waals surface area contributed by atoms with Gasteiger partial charge in [0.15, 0.2) is 0 Å². The van der Waals surface area contributed by atoms with Gasteiger partial charge in [0.1, 0.15) is 0 Å². The number of aliphatic imine (C=N–C) groups is 1. The Morgan fingerprint density at radius 2 is 1.56 bits per heavy atom. The molecule has 2 aliphatic rings. The molecule has 226 valence electrons. The first-order chi connectivity index (χ1) is 20.4. The van der Waals surface area contributed by atoms with E-state index in [0.29, 0.717) is 40.7 Å². The average molecular weight is 587 g/mol. The summed E-state index contributed by atoms with van der Waals surface area (Å²) in [6.07, 6.45) is 6.87. The number of H-pyrrole nitrogens is 2. The first-order valence-corrected chi connectivity index (χ1v) is 14.4. The summed E-state index contributed by atoms with van der Waals surface area (Å²) < 4.78 is 0. The van der Waals surface area contributed by atoms with Crippen LogP contribution < -0.4 is 16.0 Å². The minimum atomic E-state index is -0.922. The predicted octanol–water partition coefficient (Wildman–Crippen LogP) is 2.85. The number of aromatic amines is 2. The molecule has 0 bridgehead atoms. The molecule has 0 saturated heterocycles. The zero-order valence-electron chi connectivity index (χ0n) is 25.2. The van der Waals surface area contributed by atoms with E-state index in [2.05, 4.69) is 26.9 Å². The maximum absolute atomic E-state index is 12.3. The van der Waals surface area contributed by atoms with E-state index in [1.165, 1.54) is 0 Å². The molecule has 0 fully saturated rings. The summed E-state index contributed by atoms with van der Waals surface area (Å²) in [6.45, 7) is 13.2. The molecule has 2 aliphatic heterocycles. The number of amides is 2. The minimum Gasteiger partial charge on any atom is -0.481 e. The molecule has 0 radical (unpaired) electrons. The molecule has 5 N–H and O–H groups in total. The molecule has 10 heteroatoms. The van der Waals surface area contributed by atoms with Gasteiger partial charge in [-0.15, -0.1) is 0 Å². The van der Waals surface area contributed by atoms with Crippen molar-refractivity contribution < 1.29 is 29.4 Å². The molecule has 2 amide bonds. The van der Waals surface area contributed by atoms with E-state index in [1.807, 2.05) is 39.8 Å². The summed E-state index contributed by atoms with van der Waals surface area (Å²) in [5, 5.41) is 23.3. The van der Waals surface area contributed by atoms with Crippen LogP contribution in [-0.2, 0) is 38.4 Å². The fourth-order valence-corrected chi connectivity index (χ4v) is 5.91. The fraction of sp³-hybridized carbons (Fsp3) is 0.364. The lowest BCUT2D eigenvalue weighted by Crippen LogP contribution is -2.30. The Bertz CT molecular complexity index is 1760. The Hall–Kier alpha value is -4.73. The van der Waals surface area contributed by atoms with Crippen molar-refractivity contribution in [2.24, 2.45) is 4.99 Å². The van der Waals surface area contributed by atoms with Crippen molar-refractivity contribution in [2.75, 3.05) is 0 Å². The van der Waals surface area contributed by atoms with Crippen molar-refractivity contribution in [1.82, 2.24) is 15.3 Å². The van der Waals surface area contributed by atoms with Gasteiger partial charge in [-0.25, -0.2) is 4.99 Å². The Morgan fingerprint density at radius 3 is 2.14 bits per heavy atom. The maximum Gasteiger partial charge on any atom is 0.303 e. The van der Waals surface area contributed by atoms with Crippen LogP contribution in [0.5, 0.6) is 0 Å². The van der Waals surface area contributed by atoms with Gasteiger partial charge in [-0.2, -0.15) is 0 Å². The van der Waals surface area contributed by atoms with Gasteiger partial charge in [-0.05, 0) is 92.5 Å². The third-order valence-corrected chi connectivity index (χ3v) is 8.47. The summed E-state index contributed by atoms with van der Waals surface area (Å²) in [5.74, 6) is -2.22. The van der Waals surface area contributed by atoms with Crippen LogP contribution in [0.1, 0.15) is 73.7 Å². The number of aromatic nitrogens is 2. The zero-order valence-corrected chi connectivity index (χ0v) is 25.2.